The second-order valence-corrected chi connectivity index (χ2v) is 5.97. The summed E-state index contributed by atoms with van der Waals surface area (Å²) < 4.78 is 1.11. The molecule has 0 saturated carbocycles. The molecule has 98 valence electrons. The van der Waals surface area contributed by atoms with E-state index in [4.69, 9.17) is 11.6 Å². The molecule has 1 aromatic carbocycles. The number of hydrogen-bond donors (Lipinski definition) is 2. The molecule has 0 aromatic heterocycles. The van der Waals surface area contributed by atoms with Crippen LogP contribution in [0.4, 0.5) is 0 Å². The summed E-state index contributed by atoms with van der Waals surface area (Å²) in [7, 11) is 0. The Morgan fingerprint density at radius 1 is 1.11 bits per heavy atom. The number of hydrogen-bond acceptors (Lipinski definition) is 3. The van der Waals surface area contributed by atoms with E-state index in [1.54, 1.807) is 26.0 Å². The van der Waals surface area contributed by atoms with Crippen molar-refractivity contribution in [3.8, 4) is 0 Å². The van der Waals surface area contributed by atoms with Crippen LogP contribution < -0.4 is 0 Å². The van der Waals surface area contributed by atoms with E-state index >= 15 is 0 Å². The van der Waals surface area contributed by atoms with Gasteiger partial charge in [-0.15, -0.1) is 5.06 Å². The maximum absolute atomic E-state index is 10.3. The van der Waals surface area contributed by atoms with Crippen LogP contribution >= 0.6 is 11.6 Å². The van der Waals surface area contributed by atoms with E-state index in [9.17, 15) is 10.4 Å². The van der Waals surface area contributed by atoms with Gasteiger partial charge >= 0.3 is 0 Å². The minimum absolute atomic E-state index is 0.639. The molecule has 0 unspecified atom stereocenters. The minimum Gasteiger partial charge on any atom is -0.307 e. The molecule has 18 heavy (non-hydrogen) atoms. The standard InChI is InChI=1S/C13H18ClN2O2/c1-12(2)11(9-5-7-10(14)8-6-9)15(17)13(3,4)16(12)18/h5-8,17-18H,1-4H3/q+1. The third-order valence-corrected chi connectivity index (χ3v) is 3.73. The predicted octanol–water partition coefficient (Wildman–Crippen LogP) is 2.75. The second-order valence-electron chi connectivity index (χ2n) is 5.53. The third kappa shape index (κ3) is 1.72. The van der Waals surface area contributed by atoms with Gasteiger partial charge in [0.05, 0.1) is 0 Å². The summed E-state index contributed by atoms with van der Waals surface area (Å²) in [4.78, 5) is 0. The summed E-state index contributed by atoms with van der Waals surface area (Å²) >= 11 is 5.87. The number of nitrogens with zero attached hydrogens (tertiary/aromatic N) is 2. The zero-order chi connectivity index (χ0) is 13.7. The van der Waals surface area contributed by atoms with Crippen LogP contribution in [0.5, 0.6) is 0 Å². The third-order valence-electron chi connectivity index (χ3n) is 3.48. The quantitative estimate of drug-likeness (QED) is 0.609. The van der Waals surface area contributed by atoms with Crippen molar-refractivity contribution < 1.29 is 15.2 Å². The Bertz CT molecular complexity index is 506. The summed E-state index contributed by atoms with van der Waals surface area (Å²) in [6.45, 7) is 7.21. The van der Waals surface area contributed by atoms with Crippen LogP contribution in [0, 0.1) is 0 Å². The van der Waals surface area contributed by atoms with E-state index in [1.807, 2.05) is 26.0 Å². The van der Waals surface area contributed by atoms with Crippen molar-refractivity contribution in [3.05, 3.63) is 34.9 Å². The van der Waals surface area contributed by atoms with Gasteiger partial charge in [0.1, 0.15) is 5.54 Å². The number of benzene rings is 1. The van der Waals surface area contributed by atoms with Crippen LogP contribution in [0.15, 0.2) is 24.3 Å². The van der Waals surface area contributed by atoms with E-state index in [-0.39, 0.29) is 0 Å². The maximum Gasteiger partial charge on any atom is 0.283 e. The zero-order valence-electron chi connectivity index (χ0n) is 11.0. The highest BCUT2D eigenvalue weighted by molar-refractivity contribution is 6.30. The fourth-order valence-electron chi connectivity index (χ4n) is 2.49. The van der Waals surface area contributed by atoms with Gasteiger partial charge < -0.3 is 5.21 Å². The van der Waals surface area contributed by atoms with Gasteiger partial charge in [-0.25, -0.2) is 0 Å². The molecule has 4 nitrogen and oxygen atoms in total. The van der Waals surface area contributed by atoms with Gasteiger partial charge in [0.2, 0.25) is 0 Å². The van der Waals surface area contributed by atoms with Crippen LogP contribution in [-0.2, 0) is 0 Å². The summed E-state index contributed by atoms with van der Waals surface area (Å²) in [5, 5.41) is 22.3. The maximum atomic E-state index is 10.3. The molecule has 1 aliphatic rings. The van der Waals surface area contributed by atoms with Gasteiger partial charge in [-0.2, -0.15) is 0 Å². The Hall–Kier alpha value is -1.10. The average molecular weight is 270 g/mol. The van der Waals surface area contributed by atoms with E-state index < -0.39 is 11.2 Å². The number of rotatable bonds is 1. The molecule has 5 heteroatoms. The van der Waals surface area contributed by atoms with Gasteiger partial charge in [0, 0.05) is 24.4 Å². The Morgan fingerprint density at radius 3 is 2.00 bits per heavy atom. The molecule has 0 radical (unpaired) electrons. The van der Waals surface area contributed by atoms with Gasteiger partial charge in [-0.05, 0) is 42.9 Å². The summed E-state index contributed by atoms with van der Waals surface area (Å²) in [5.74, 6) is 0. The van der Waals surface area contributed by atoms with Crippen molar-refractivity contribution in [2.24, 2.45) is 0 Å². The topological polar surface area (TPSA) is 46.7 Å². The lowest BCUT2D eigenvalue weighted by molar-refractivity contribution is -0.835. The van der Waals surface area contributed by atoms with Crippen LogP contribution in [0.2, 0.25) is 5.02 Å². The van der Waals surface area contributed by atoms with Crippen LogP contribution in [0.25, 0.3) is 0 Å². The Morgan fingerprint density at radius 2 is 1.61 bits per heavy atom. The van der Waals surface area contributed by atoms with Crippen molar-refractivity contribution in [1.82, 2.24) is 5.06 Å². The summed E-state index contributed by atoms with van der Waals surface area (Å²) in [5.41, 5.74) is -0.0898. The van der Waals surface area contributed by atoms with Gasteiger partial charge in [0.25, 0.3) is 11.4 Å². The van der Waals surface area contributed by atoms with Crippen molar-refractivity contribution in [2.45, 2.75) is 38.9 Å². The van der Waals surface area contributed by atoms with Crippen molar-refractivity contribution in [1.29, 1.82) is 0 Å². The lowest BCUT2D eigenvalue weighted by Gasteiger charge is -2.27. The smallest absolute Gasteiger partial charge is 0.283 e. The van der Waals surface area contributed by atoms with Crippen molar-refractivity contribution >= 4 is 17.3 Å². The first-order valence-corrected chi connectivity index (χ1v) is 6.18. The van der Waals surface area contributed by atoms with E-state index in [1.165, 1.54) is 0 Å². The van der Waals surface area contributed by atoms with Crippen LogP contribution in [-0.4, -0.2) is 37.1 Å². The first-order chi connectivity index (χ1) is 8.19. The second kappa shape index (κ2) is 3.95. The van der Waals surface area contributed by atoms with Crippen LogP contribution in [0.1, 0.15) is 33.3 Å². The molecule has 0 fully saturated rings. The molecular weight excluding hydrogens is 252 g/mol. The molecule has 0 atom stereocenters. The highest BCUT2D eigenvalue weighted by atomic mass is 35.5. The lowest BCUT2D eigenvalue weighted by Crippen LogP contribution is -2.51. The van der Waals surface area contributed by atoms with Crippen molar-refractivity contribution in [2.75, 3.05) is 0 Å². The highest BCUT2D eigenvalue weighted by Gasteiger charge is 2.60. The Labute approximate surface area is 112 Å². The summed E-state index contributed by atoms with van der Waals surface area (Å²) in [6, 6.07) is 7.19. The highest BCUT2D eigenvalue weighted by Crippen LogP contribution is 2.34. The van der Waals surface area contributed by atoms with E-state index in [0.717, 1.165) is 15.4 Å². The lowest BCUT2D eigenvalue weighted by atomic mass is 9.93. The predicted molar refractivity (Wildman–Crippen MR) is 69.4 cm³/mol. The van der Waals surface area contributed by atoms with Gasteiger partial charge in [-0.1, -0.05) is 11.6 Å². The minimum atomic E-state index is -0.877. The van der Waals surface area contributed by atoms with E-state index in [2.05, 4.69) is 0 Å². The van der Waals surface area contributed by atoms with Gasteiger partial charge in [0.15, 0.2) is 0 Å². The number of hydroxylamine groups is 3. The zero-order valence-corrected chi connectivity index (χ0v) is 11.7. The van der Waals surface area contributed by atoms with Crippen LogP contribution in [0.3, 0.4) is 0 Å². The first-order valence-electron chi connectivity index (χ1n) is 5.80. The fraction of sp³-hybridized carbons (Fsp3) is 0.462. The molecule has 1 heterocycles. The average Bonchev–Trinajstić information content (AvgIpc) is 2.40. The van der Waals surface area contributed by atoms with E-state index in [0.29, 0.717) is 10.7 Å². The first kappa shape index (κ1) is 13.3. The largest absolute Gasteiger partial charge is 0.307 e. The molecule has 1 aliphatic heterocycles. The molecule has 2 N–H and O–H groups in total. The van der Waals surface area contributed by atoms with Crippen molar-refractivity contribution in [3.63, 3.8) is 0 Å². The molecule has 1 aromatic rings. The molecule has 0 spiro atoms. The monoisotopic (exact) mass is 269 g/mol. The molecular formula is C13H18ClN2O2+. The SMILES string of the molecule is CC1(C)C(c2ccc(Cl)cc2)=[N+](O)C(C)(C)N1O. The molecule has 2 rings (SSSR count). The molecule has 0 aliphatic carbocycles. The molecule has 0 amide bonds. The Kier molecular flexibility index (Phi) is 2.93. The molecule has 0 bridgehead atoms. The summed E-state index contributed by atoms with van der Waals surface area (Å²) in [6.07, 6.45) is 0. The molecule has 0 saturated heterocycles. The van der Waals surface area contributed by atoms with Gasteiger partial charge in [-0.3, -0.25) is 5.21 Å². The fourth-order valence-corrected chi connectivity index (χ4v) is 2.62. The Balaban J connectivity index is 2.61. The normalized spacial score (nSPS) is 22.6. The number of halogens is 1.